The van der Waals surface area contributed by atoms with Crippen molar-refractivity contribution in [2.24, 2.45) is 5.41 Å². The molecule has 0 unspecified atom stereocenters. The lowest BCUT2D eigenvalue weighted by molar-refractivity contribution is -0.114. The van der Waals surface area contributed by atoms with Crippen LogP contribution in [0.4, 0.5) is 0 Å². The van der Waals surface area contributed by atoms with Gasteiger partial charge in [0, 0.05) is 22.7 Å². The van der Waals surface area contributed by atoms with Crippen LogP contribution in [0, 0.1) is 5.41 Å². The number of fused-ring (bicyclic) bond motifs is 1. The number of nitrogens with zero attached hydrogens (tertiary/aromatic N) is 1. The average molecular weight is 255 g/mol. The highest BCUT2D eigenvalue weighted by atomic mass is 16.1. The molecule has 2 aromatic rings. The van der Waals surface area contributed by atoms with Gasteiger partial charge in [0.15, 0.2) is 0 Å². The molecular weight excluding hydrogens is 234 g/mol. The van der Waals surface area contributed by atoms with Crippen LogP contribution >= 0.6 is 0 Å². The summed E-state index contributed by atoms with van der Waals surface area (Å²) in [6, 6.07) is 8.65. The smallest absolute Gasteiger partial charge is 0.125 e. The third-order valence-electron chi connectivity index (χ3n) is 3.60. The summed E-state index contributed by atoms with van der Waals surface area (Å²) in [5, 5.41) is 2.42. The number of carbonyl (C=O) groups is 1. The Labute approximate surface area is 114 Å². The summed E-state index contributed by atoms with van der Waals surface area (Å²) in [4.78, 5) is 15.4. The SMILES string of the molecule is CCc1ccc2cnc(CCC(C)(C)C=O)cc2c1. The average Bonchev–Trinajstić information content (AvgIpc) is 2.44. The Morgan fingerprint density at radius 2 is 2.00 bits per heavy atom. The largest absolute Gasteiger partial charge is 0.303 e. The van der Waals surface area contributed by atoms with E-state index in [9.17, 15) is 4.79 Å². The first kappa shape index (κ1) is 13.7. The van der Waals surface area contributed by atoms with Crippen molar-refractivity contribution in [3.63, 3.8) is 0 Å². The predicted octanol–water partition coefficient (Wildman–Crippen LogP) is 3.95. The maximum absolute atomic E-state index is 10.9. The molecule has 0 atom stereocenters. The summed E-state index contributed by atoms with van der Waals surface area (Å²) in [7, 11) is 0. The van der Waals surface area contributed by atoms with Gasteiger partial charge in [0.25, 0.3) is 0 Å². The van der Waals surface area contributed by atoms with Gasteiger partial charge in [-0.2, -0.15) is 0 Å². The van der Waals surface area contributed by atoms with Crippen molar-refractivity contribution in [3.8, 4) is 0 Å². The van der Waals surface area contributed by atoms with Gasteiger partial charge in [0.05, 0.1) is 0 Å². The van der Waals surface area contributed by atoms with Crippen molar-refractivity contribution >= 4 is 17.1 Å². The first-order valence-electron chi connectivity index (χ1n) is 6.88. The highest BCUT2D eigenvalue weighted by molar-refractivity contribution is 5.82. The first-order chi connectivity index (χ1) is 9.04. The lowest BCUT2D eigenvalue weighted by Gasteiger charge is -2.15. The highest BCUT2D eigenvalue weighted by Crippen LogP contribution is 2.22. The molecule has 0 bridgehead atoms. The number of benzene rings is 1. The van der Waals surface area contributed by atoms with E-state index < -0.39 is 0 Å². The Bertz CT molecular complexity index is 587. The molecular formula is C17H21NO. The molecule has 0 radical (unpaired) electrons. The van der Waals surface area contributed by atoms with Crippen LogP contribution in [0.3, 0.4) is 0 Å². The van der Waals surface area contributed by atoms with E-state index in [-0.39, 0.29) is 5.41 Å². The summed E-state index contributed by atoms with van der Waals surface area (Å²) in [5.41, 5.74) is 2.15. The van der Waals surface area contributed by atoms with Gasteiger partial charge >= 0.3 is 0 Å². The zero-order valence-corrected chi connectivity index (χ0v) is 11.9. The molecule has 0 saturated carbocycles. The first-order valence-corrected chi connectivity index (χ1v) is 6.88. The Balaban J connectivity index is 2.23. The zero-order chi connectivity index (χ0) is 13.9. The number of rotatable bonds is 5. The summed E-state index contributed by atoms with van der Waals surface area (Å²) in [6.45, 7) is 6.10. The van der Waals surface area contributed by atoms with Gasteiger partial charge in [-0.15, -0.1) is 0 Å². The van der Waals surface area contributed by atoms with Crippen LogP contribution in [-0.2, 0) is 17.6 Å². The van der Waals surface area contributed by atoms with Crippen molar-refractivity contribution in [3.05, 3.63) is 41.7 Å². The van der Waals surface area contributed by atoms with Gasteiger partial charge in [-0.25, -0.2) is 0 Å². The number of pyridine rings is 1. The van der Waals surface area contributed by atoms with E-state index in [1.807, 2.05) is 20.0 Å². The third-order valence-corrected chi connectivity index (χ3v) is 3.60. The van der Waals surface area contributed by atoms with Crippen LogP contribution in [0.15, 0.2) is 30.5 Å². The summed E-state index contributed by atoms with van der Waals surface area (Å²) < 4.78 is 0. The molecule has 1 heterocycles. The maximum Gasteiger partial charge on any atom is 0.125 e. The molecule has 0 aliphatic heterocycles. The monoisotopic (exact) mass is 255 g/mol. The summed E-state index contributed by atoms with van der Waals surface area (Å²) in [5.74, 6) is 0. The van der Waals surface area contributed by atoms with Crippen LogP contribution in [-0.4, -0.2) is 11.3 Å². The maximum atomic E-state index is 10.9. The van der Waals surface area contributed by atoms with Crippen molar-refractivity contribution < 1.29 is 4.79 Å². The van der Waals surface area contributed by atoms with Crippen LogP contribution in [0.5, 0.6) is 0 Å². The standard InChI is InChI=1S/C17H21NO/c1-4-13-5-6-14-11-18-16(10-15(14)9-13)7-8-17(2,3)12-19/h5-6,9-12H,4,7-8H2,1-3H3. The highest BCUT2D eigenvalue weighted by Gasteiger charge is 2.16. The number of hydrogen-bond donors (Lipinski definition) is 0. The number of aryl methyl sites for hydroxylation is 2. The van der Waals surface area contributed by atoms with Gasteiger partial charge in [-0.05, 0) is 36.3 Å². The fourth-order valence-electron chi connectivity index (χ4n) is 2.10. The fraction of sp³-hybridized carbons (Fsp3) is 0.412. The Morgan fingerprint density at radius 1 is 1.21 bits per heavy atom. The zero-order valence-electron chi connectivity index (χ0n) is 11.9. The molecule has 0 spiro atoms. The van der Waals surface area contributed by atoms with Gasteiger partial charge < -0.3 is 4.79 Å². The number of aromatic nitrogens is 1. The molecule has 2 rings (SSSR count). The number of carbonyl (C=O) groups excluding carboxylic acids is 1. The minimum atomic E-state index is -0.262. The lowest BCUT2D eigenvalue weighted by atomic mass is 9.89. The topological polar surface area (TPSA) is 30.0 Å². The van der Waals surface area contributed by atoms with Crippen LogP contribution in [0.1, 0.15) is 38.4 Å². The van der Waals surface area contributed by atoms with Crippen LogP contribution in [0.2, 0.25) is 0 Å². The molecule has 1 aromatic heterocycles. The van der Waals surface area contributed by atoms with Crippen LogP contribution in [0.25, 0.3) is 10.8 Å². The summed E-state index contributed by atoms with van der Waals surface area (Å²) in [6.07, 6.45) is 5.69. The second-order valence-corrected chi connectivity index (χ2v) is 5.82. The van der Waals surface area contributed by atoms with E-state index in [1.54, 1.807) is 0 Å². The van der Waals surface area contributed by atoms with Crippen LogP contribution < -0.4 is 0 Å². The third kappa shape index (κ3) is 3.40. The molecule has 0 amide bonds. The lowest BCUT2D eigenvalue weighted by Crippen LogP contribution is -2.14. The van der Waals surface area contributed by atoms with E-state index in [4.69, 9.17) is 0 Å². The number of hydrogen-bond acceptors (Lipinski definition) is 2. The Kier molecular flexibility index (Phi) is 3.98. The molecule has 0 aliphatic carbocycles. The molecule has 100 valence electrons. The molecule has 1 aromatic carbocycles. The normalized spacial score (nSPS) is 11.7. The quantitative estimate of drug-likeness (QED) is 0.757. The second kappa shape index (κ2) is 5.52. The second-order valence-electron chi connectivity index (χ2n) is 5.82. The van der Waals surface area contributed by atoms with E-state index in [2.05, 4.69) is 36.2 Å². The van der Waals surface area contributed by atoms with E-state index in [1.165, 1.54) is 16.3 Å². The van der Waals surface area contributed by atoms with Crippen molar-refractivity contribution in [1.29, 1.82) is 0 Å². The van der Waals surface area contributed by atoms with E-state index in [0.29, 0.717) is 0 Å². The molecule has 19 heavy (non-hydrogen) atoms. The molecule has 0 aliphatic rings. The minimum Gasteiger partial charge on any atom is -0.303 e. The number of aldehydes is 1. The molecule has 2 heteroatoms. The van der Waals surface area contributed by atoms with Gasteiger partial charge in [-0.1, -0.05) is 39.0 Å². The van der Waals surface area contributed by atoms with E-state index in [0.717, 1.165) is 31.2 Å². The Hall–Kier alpha value is -1.70. The van der Waals surface area contributed by atoms with E-state index >= 15 is 0 Å². The fourth-order valence-corrected chi connectivity index (χ4v) is 2.10. The van der Waals surface area contributed by atoms with Crippen molar-refractivity contribution in [1.82, 2.24) is 4.98 Å². The Morgan fingerprint density at radius 3 is 2.68 bits per heavy atom. The summed E-state index contributed by atoms with van der Waals surface area (Å²) >= 11 is 0. The van der Waals surface area contributed by atoms with Crippen molar-refractivity contribution in [2.75, 3.05) is 0 Å². The molecule has 0 N–H and O–H groups in total. The van der Waals surface area contributed by atoms with Gasteiger partial charge in [0.1, 0.15) is 6.29 Å². The molecule has 2 nitrogen and oxygen atoms in total. The predicted molar refractivity (Wildman–Crippen MR) is 79.3 cm³/mol. The van der Waals surface area contributed by atoms with Crippen molar-refractivity contribution in [2.45, 2.75) is 40.0 Å². The molecule has 0 fully saturated rings. The van der Waals surface area contributed by atoms with Gasteiger partial charge in [0.2, 0.25) is 0 Å². The minimum absolute atomic E-state index is 0.262. The molecule has 0 saturated heterocycles. The van der Waals surface area contributed by atoms with Gasteiger partial charge in [-0.3, -0.25) is 4.98 Å².